The van der Waals surface area contributed by atoms with Crippen LogP contribution in [0.5, 0.6) is 0 Å². The standard InChI is InChI=1S/C13H18N2O4/c1-9(2)4-3-7-14-10-5-6-11(13(16)17)12(8-10)15(18)19/h5-6,8-9,14H,3-4,7H2,1-2H3,(H,16,17). The minimum absolute atomic E-state index is 0.294. The van der Waals surface area contributed by atoms with E-state index >= 15 is 0 Å². The van der Waals surface area contributed by atoms with Gasteiger partial charge >= 0.3 is 5.97 Å². The Morgan fingerprint density at radius 2 is 2.16 bits per heavy atom. The van der Waals surface area contributed by atoms with Gasteiger partial charge in [-0.3, -0.25) is 10.1 Å². The summed E-state index contributed by atoms with van der Waals surface area (Å²) in [7, 11) is 0. The van der Waals surface area contributed by atoms with Crippen molar-refractivity contribution in [2.24, 2.45) is 5.92 Å². The zero-order valence-electron chi connectivity index (χ0n) is 11.0. The van der Waals surface area contributed by atoms with Crippen molar-refractivity contribution in [2.45, 2.75) is 26.7 Å². The highest BCUT2D eigenvalue weighted by Gasteiger charge is 2.19. The smallest absolute Gasteiger partial charge is 0.342 e. The quantitative estimate of drug-likeness (QED) is 0.449. The van der Waals surface area contributed by atoms with Gasteiger partial charge in [-0.15, -0.1) is 0 Å². The van der Waals surface area contributed by atoms with Gasteiger partial charge in [-0.25, -0.2) is 4.79 Å². The highest BCUT2D eigenvalue weighted by Crippen LogP contribution is 2.23. The molecule has 0 atom stereocenters. The Morgan fingerprint density at radius 1 is 1.47 bits per heavy atom. The van der Waals surface area contributed by atoms with E-state index in [1.807, 2.05) is 0 Å². The van der Waals surface area contributed by atoms with Crippen molar-refractivity contribution >= 4 is 17.3 Å². The summed E-state index contributed by atoms with van der Waals surface area (Å²) in [5.74, 6) is -0.677. The molecule has 6 nitrogen and oxygen atoms in total. The van der Waals surface area contributed by atoms with Crippen molar-refractivity contribution in [1.82, 2.24) is 0 Å². The number of nitro groups is 1. The molecule has 0 fully saturated rings. The van der Waals surface area contributed by atoms with E-state index in [-0.39, 0.29) is 11.3 Å². The van der Waals surface area contributed by atoms with Crippen LogP contribution in [0.2, 0.25) is 0 Å². The molecule has 0 spiro atoms. The van der Waals surface area contributed by atoms with Gasteiger partial charge in [-0.1, -0.05) is 13.8 Å². The Morgan fingerprint density at radius 3 is 2.68 bits per heavy atom. The molecule has 1 aromatic carbocycles. The molecule has 1 rings (SSSR count). The molecule has 0 amide bonds. The summed E-state index contributed by atoms with van der Waals surface area (Å²) in [6, 6.07) is 4.07. The van der Waals surface area contributed by atoms with Crippen LogP contribution in [0.4, 0.5) is 11.4 Å². The molecular formula is C13H18N2O4. The third-order valence-corrected chi connectivity index (χ3v) is 2.71. The van der Waals surface area contributed by atoms with Gasteiger partial charge in [0.1, 0.15) is 5.56 Å². The Balaban J connectivity index is 2.73. The first-order chi connectivity index (χ1) is 8.91. The summed E-state index contributed by atoms with van der Waals surface area (Å²) < 4.78 is 0. The van der Waals surface area contributed by atoms with Crippen LogP contribution in [0.15, 0.2) is 18.2 Å². The van der Waals surface area contributed by atoms with Gasteiger partial charge in [0.25, 0.3) is 5.69 Å². The molecule has 0 unspecified atom stereocenters. The molecule has 0 aliphatic heterocycles. The number of aromatic carboxylic acids is 1. The van der Waals surface area contributed by atoms with Gasteiger partial charge in [0, 0.05) is 18.3 Å². The second kappa shape index (κ2) is 6.72. The van der Waals surface area contributed by atoms with Crippen molar-refractivity contribution in [3.8, 4) is 0 Å². The minimum atomic E-state index is -1.29. The topological polar surface area (TPSA) is 92.5 Å². The van der Waals surface area contributed by atoms with Gasteiger partial charge in [0.2, 0.25) is 0 Å². The summed E-state index contributed by atoms with van der Waals surface area (Å²) in [6.07, 6.45) is 2.04. The number of nitrogens with zero attached hydrogens (tertiary/aromatic N) is 1. The lowest BCUT2D eigenvalue weighted by Crippen LogP contribution is -2.06. The normalized spacial score (nSPS) is 10.5. The average molecular weight is 266 g/mol. The van der Waals surface area contributed by atoms with Crippen LogP contribution in [0.1, 0.15) is 37.0 Å². The van der Waals surface area contributed by atoms with E-state index in [4.69, 9.17) is 5.11 Å². The lowest BCUT2D eigenvalue weighted by molar-refractivity contribution is -0.385. The van der Waals surface area contributed by atoms with E-state index in [0.717, 1.165) is 12.8 Å². The number of rotatable bonds is 7. The van der Waals surface area contributed by atoms with Crippen LogP contribution in [0.25, 0.3) is 0 Å². The molecular weight excluding hydrogens is 248 g/mol. The van der Waals surface area contributed by atoms with E-state index in [1.54, 1.807) is 6.07 Å². The molecule has 19 heavy (non-hydrogen) atoms. The number of carboxylic acid groups (broad SMARTS) is 1. The SMILES string of the molecule is CC(C)CCCNc1ccc(C(=O)O)c([N+](=O)[O-])c1. The van der Waals surface area contributed by atoms with Crippen molar-refractivity contribution < 1.29 is 14.8 Å². The molecule has 0 aliphatic carbocycles. The molecule has 104 valence electrons. The van der Waals surface area contributed by atoms with Crippen molar-refractivity contribution in [3.05, 3.63) is 33.9 Å². The lowest BCUT2D eigenvalue weighted by atomic mass is 10.1. The molecule has 0 saturated carbocycles. The summed E-state index contributed by atoms with van der Waals surface area (Å²) >= 11 is 0. The molecule has 2 N–H and O–H groups in total. The summed E-state index contributed by atoms with van der Waals surface area (Å²) in [5, 5.41) is 22.7. The van der Waals surface area contributed by atoms with Crippen LogP contribution >= 0.6 is 0 Å². The summed E-state index contributed by atoms with van der Waals surface area (Å²) in [5.41, 5.74) is -0.112. The van der Waals surface area contributed by atoms with Gasteiger partial charge in [0.05, 0.1) is 4.92 Å². The Bertz CT molecular complexity index is 472. The second-order valence-corrected chi connectivity index (χ2v) is 4.76. The molecule has 6 heteroatoms. The van der Waals surface area contributed by atoms with Crippen LogP contribution in [-0.2, 0) is 0 Å². The summed E-state index contributed by atoms with van der Waals surface area (Å²) in [4.78, 5) is 21.0. The van der Waals surface area contributed by atoms with Crippen LogP contribution in [0.3, 0.4) is 0 Å². The average Bonchev–Trinajstić information content (AvgIpc) is 2.33. The minimum Gasteiger partial charge on any atom is -0.477 e. The van der Waals surface area contributed by atoms with Crippen LogP contribution < -0.4 is 5.32 Å². The number of nitrogens with one attached hydrogen (secondary N) is 1. The number of hydrogen-bond acceptors (Lipinski definition) is 4. The number of carbonyl (C=O) groups is 1. The van der Waals surface area contributed by atoms with E-state index in [0.29, 0.717) is 18.2 Å². The zero-order chi connectivity index (χ0) is 14.4. The molecule has 0 bridgehead atoms. The third kappa shape index (κ3) is 4.57. The van der Waals surface area contributed by atoms with Crippen molar-refractivity contribution in [3.63, 3.8) is 0 Å². The van der Waals surface area contributed by atoms with Crippen molar-refractivity contribution in [2.75, 3.05) is 11.9 Å². The predicted octanol–water partition coefficient (Wildman–Crippen LogP) is 3.14. The molecule has 0 heterocycles. The maximum atomic E-state index is 10.8. The summed E-state index contributed by atoms with van der Waals surface area (Å²) in [6.45, 7) is 4.97. The fraction of sp³-hybridized carbons (Fsp3) is 0.462. The second-order valence-electron chi connectivity index (χ2n) is 4.76. The van der Waals surface area contributed by atoms with E-state index in [9.17, 15) is 14.9 Å². The maximum Gasteiger partial charge on any atom is 0.342 e. The van der Waals surface area contributed by atoms with Gasteiger partial charge < -0.3 is 10.4 Å². The molecule has 0 aromatic heterocycles. The van der Waals surface area contributed by atoms with E-state index < -0.39 is 10.9 Å². The van der Waals surface area contributed by atoms with Crippen LogP contribution in [0, 0.1) is 16.0 Å². The highest BCUT2D eigenvalue weighted by molar-refractivity contribution is 5.93. The fourth-order valence-corrected chi connectivity index (χ4v) is 1.72. The molecule has 1 aromatic rings. The first kappa shape index (κ1) is 14.9. The maximum absolute atomic E-state index is 10.8. The zero-order valence-corrected chi connectivity index (χ0v) is 11.0. The van der Waals surface area contributed by atoms with E-state index in [1.165, 1.54) is 12.1 Å². The largest absolute Gasteiger partial charge is 0.477 e. The highest BCUT2D eigenvalue weighted by atomic mass is 16.6. The van der Waals surface area contributed by atoms with Crippen molar-refractivity contribution in [1.29, 1.82) is 0 Å². The Kier molecular flexibility index (Phi) is 5.29. The number of hydrogen-bond donors (Lipinski definition) is 2. The Labute approximate surface area is 111 Å². The molecule has 0 radical (unpaired) electrons. The number of carboxylic acids is 1. The monoisotopic (exact) mass is 266 g/mol. The third-order valence-electron chi connectivity index (χ3n) is 2.71. The predicted molar refractivity (Wildman–Crippen MR) is 72.6 cm³/mol. The first-order valence-corrected chi connectivity index (χ1v) is 6.17. The van der Waals surface area contributed by atoms with Gasteiger partial charge in [-0.05, 0) is 30.9 Å². The molecule has 0 saturated heterocycles. The fourth-order valence-electron chi connectivity index (χ4n) is 1.72. The first-order valence-electron chi connectivity index (χ1n) is 6.17. The van der Waals surface area contributed by atoms with Gasteiger partial charge in [-0.2, -0.15) is 0 Å². The number of anilines is 1. The molecule has 0 aliphatic rings. The number of nitro benzene ring substituents is 1. The number of benzene rings is 1. The van der Waals surface area contributed by atoms with Gasteiger partial charge in [0.15, 0.2) is 0 Å². The van der Waals surface area contributed by atoms with Crippen LogP contribution in [-0.4, -0.2) is 22.5 Å². The lowest BCUT2D eigenvalue weighted by Gasteiger charge is -2.08. The van der Waals surface area contributed by atoms with E-state index in [2.05, 4.69) is 19.2 Å². The Hall–Kier alpha value is -2.11.